The summed E-state index contributed by atoms with van der Waals surface area (Å²) in [4.78, 5) is 19.3. The van der Waals surface area contributed by atoms with E-state index in [0.29, 0.717) is 28.5 Å². The van der Waals surface area contributed by atoms with Gasteiger partial charge in [-0.25, -0.2) is 9.37 Å². The van der Waals surface area contributed by atoms with Crippen molar-refractivity contribution in [1.82, 2.24) is 9.88 Å². The summed E-state index contributed by atoms with van der Waals surface area (Å²) in [5.41, 5.74) is 6.45. The van der Waals surface area contributed by atoms with Gasteiger partial charge in [-0.3, -0.25) is 4.79 Å². The van der Waals surface area contributed by atoms with Crippen molar-refractivity contribution in [3.63, 3.8) is 0 Å². The van der Waals surface area contributed by atoms with Crippen LogP contribution < -0.4 is 5.73 Å². The Balaban J connectivity index is 0.00000156. The second-order valence-corrected chi connectivity index (χ2v) is 7.65. The largest absolute Gasteiger partial charge is 0.337 e. The van der Waals surface area contributed by atoms with Gasteiger partial charge in [-0.2, -0.15) is 0 Å². The zero-order chi connectivity index (χ0) is 16.6. The first kappa shape index (κ1) is 21.8. The van der Waals surface area contributed by atoms with Crippen LogP contribution in [-0.2, 0) is 0 Å². The van der Waals surface area contributed by atoms with Crippen molar-refractivity contribution >= 4 is 42.1 Å². The third kappa shape index (κ3) is 4.50. The highest BCUT2D eigenvalue weighted by molar-refractivity contribution is 7.16. The SMILES string of the molecule is CC1(C)CN(C(=O)c2cnc(-c3ccccc3F)s2)CCC1N.Cl.Cl. The molecule has 0 radical (unpaired) electrons. The summed E-state index contributed by atoms with van der Waals surface area (Å²) < 4.78 is 13.8. The molecule has 1 aliphatic rings. The number of carbonyl (C=O) groups excluding carboxylic acids is 1. The third-order valence-electron chi connectivity index (χ3n) is 4.42. The number of nitrogens with zero attached hydrogens (tertiary/aromatic N) is 2. The van der Waals surface area contributed by atoms with Crippen molar-refractivity contribution in [2.24, 2.45) is 11.1 Å². The average molecular weight is 406 g/mol. The predicted octanol–water partition coefficient (Wildman–Crippen LogP) is 3.99. The van der Waals surface area contributed by atoms with Crippen LogP contribution in [0.3, 0.4) is 0 Å². The van der Waals surface area contributed by atoms with Crippen LogP contribution in [0.5, 0.6) is 0 Å². The molecule has 0 aliphatic carbocycles. The Morgan fingerprint density at radius 1 is 1.36 bits per heavy atom. The second kappa shape index (κ2) is 8.45. The van der Waals surface area contributed by atoms with Crippen LogP contribution in [0, 0.1) is 11.2 Å². The lowest BCUT2D eigenvalue weighted by Crippen LogP contribution is -2.53. The van der Waals surface area contributed by atoms with Gasteiger partial charge in [-0.15, -0.1) is 36.2 Å². The molecule has 1 saturated heterocycles. The van der Waals surface area contributed by atoms with Crippen molar-refractivity contribution in [3.05, 3.63) is 41.2 Å². The molecular weight excluding hydrogens is 384 g/mol. The lowest BCUT2D eigenvalue weighted by molar-refractivity contribution is 0.0537. The van der Waals surface area contributed by atoms with Crippen LogP contribution in [0.15, 0.2) is 30.5 Å². The van der Waals surface area contributed by atoms with Crippen molar-refractivity contribution in [2.45, 2.75) is 26.3 Å². The summed E-state index contributed by atoms with van der Waals surface area (Å²) in [7, 11) is 0. The number of carbonyl (C=O) groups is 1. The van der Waals surface area contributed by atoms with Crippen LogP contribution in [-0.4, -0.2) is 34.9 Å². The van der Waals surface area contributed by atoms with Crippen LogP contribution in [0.1, 0.15) is 29.9 Å². The summed E-state index contributed by atoms with van der Waals surface area (Å²) in [6.45, 7) is 5.43. The van der Waals surface area contributed by atoms with E-state index in [-0.39, 0.29) is 48.0 Å². The molecule has 2 heterocycles. The van der Waals surface area contributed by atoms with Crippen molar-refractivity contribution in [1.29, 1.82) is 0 Å². The molecule has 1 aromatic carbocycles. The highest BCUT2D eigenvalue weighted by Gasteiger charge is 2.36. The maximum Gasteiger partial charge on any atom is 0.265 e. The molecule has 2 aromatic rings. The number of hydrogen-bond donors (Lipinski definition) is 1. The lowest BCUT2D eigenvalue weighted by Gasteiger charge is -2.42. The molecule has 1 aliphatic heterocycles. The van der Waals surface area contributed by atoms with Gasteiger partial charge in [-0.1, -0.05) is 26.0 Å². The van der Waals surface area contributed by atoms with E-state index in [0.717, 1.165) is 6.42 Å². The standard InChI is InChI=1S/C17H20FN3OS.2ClH/c1-17(2)10-21(8-7-14(17)19)16(22)13-9-20-15(23-13)11-5-3-4-6-12(11)18;;/h3-6,9,14H,7-8,10,19H2,1-2H3;2*1H. The summed E-state index contributed by atoms with van der Waals surface area (Å²) in [5.74, 6) is -0.379. The quantitative estimate of drug-likeness (QED) is 0.821. The van der Waals surface area contributed by atoms with E-state index >= 15 is 0 Å². The Hall–Kier alpha value is -1.21. The highest BCUT2D eigenvalue weighted by Crippen LogP contribution is 2.31. The van der Waals surface area contributed by atoms with Gasteiger partial charge >= 0.3 is 0 Å². The van der Waals surface area contributed by atoms with E-state index in [4.69, 9.17) is 5.73 Å². The number of benzene rings is 1. The fraction of sp³-hybridized carbons (Fsp3) is 0.412. The number of amides is 1. The first-order valence-electron chi connectivity index (χ1n) is 7.64. The maximum atomic E-state index is 13.8. The van der Waals surface area contributed by atoms with Gasteiger partial charge < -0.3 is 10.6 Å². The van der Waals surface area contributed by atoms with E-state index in [9.17, 15) is 9.18 Å². The summed E-state index contributed by atoms with van der Waals surface area (Å²) in [6, 6.07) is 6.56. The molecule has 8 heteroatoms. The lowest BCUT2D eigenvalue weighted by atomic mass is 9.79. The molecule has 1 atom stereocenters. The molecule has 4 nitrogen and oxygen atoms in total. The van der Waals surface area contributed by atoms with Crippen LogP contribution in [0.25, 0.3) is 10.6 Å². The topological polar surface area (TPSA) is 59.2 Å². The van der Waals surface area contributed by atoms with Crippen LogP contribution in [0.4, 0.5) is 4.39 Å². The fourth-order valence-electron chi connectivity index (χ4n) is 2.84. The first-order valence-corrected chi connectivity index (χ1v) is 8.46. The Morgan fingerprint density at radius 2 is 2.04 bits per heavy atom. The molecule has 0 saturated carbocycles. The minimum Gasteiger partial charge on any atom is -0.337 e. The molecule has 1 aromatic heterocycles. The van der Waals surface area contributed by atoms with Gasteiger partial charge in [0, 0.05) is 24.7 Å². The second-order valence-electron chi connectivity index (χ2n) is 6.62. The number of thiazole rings is 1. The van der Waals surface area contributed by atoms with Gasteiger partial charge in [0.1, 0.15) is 15.7 Å². The minimum atomic E-state index is -0.328. The smallest absolute Gasteiger partial charge is 0.265 e. The van der Waals surface area contributed by atoms with Gasteiger partial charge in [0.25, 0.3) is 5.91 Å². The maximum absolute atomic E-state index is 13.8. The molecule has 2 N–H and O–H groups in total. The number of piperidine rings is 1. The average Bonchev–Trinajstić information content (AvgIpc) is 2.99. The van der Waals surface area contributed by atoms with E-state index in [1.54, 1.807) is 18.2 Å². The number of aromatic nitrogens is 1. The van der Waals surface area contributed by atoms with Crippen LogP contribution in [0.2, 0.25) is 0 Å². The predicted molar refractivity (Wildman–Crippen MR) is 104 cm³/mol. The number of rotatable bonds is 2. The Kier molecular flexibility index (Phi) is 7.38. The number of hydrogen-bond acceptors (Lipinski definition) is 4. The molecule has 138 valence electrons. The van der Waals surface area contributed by atoms with Gasteiger partial charge in [-0.05, 0) is 24.0 Å². The Labute approximate surface area is 163 Å². The zero-order valence-electron chi connectivity index (χ0n) is 14.1. The van der Waals surface area contributed by atoms with Gasteiger partial charge in [0.15, 0.2) is 0 Å². The van der Waals surface area contributed by atoms with Crippen molar-refractivity contribution < 1.29 is 9.18 Å². The number of likely N-dealkylation sites (tertiary alicyclic amines) is 1. The summed E-state index contributed by atoms with van der Waals surface area (Å²) in [5, 5.41) is 0.527. The molecule has 1 amide bonds. The monoisotopic (exact) mass is 405 g/mol. The van der Waals surface area contributed by atoms with Gasteiger partial charge in [0.05, 0.1) is 6.20 Å². The molecule has 3 rings (SSSR count). The Morgan fingerprint density at radius 3 is 2.68 bits per heavy atom. The summed E-state index contributed by atoms with van der Waals surface area (Å²) >= 11 is 1.23. The number of halogens is 3. The molecule has 1 unspecified atom stereocenters. The zero-order valence-corrected chi connectivity index (χ0v) is 16.5. The molecule has 1 fully saturated rings. The summed E-state index contributed by atoms with van der Waals surface area (Å²) in [6.07, 6.45) is 2.33. The van der Waals surface area contributed by atoms with Gasteiger partial charge in [0.2, 0.25) is 0 Å². The Bertz CT molecular complexity index is 738. The fourth-order valence-corrected chi connectivity index (χ4v) is 3.75. The van der Waals surface area contributed by atoms with E-state index in [1.165, 1.54) is 23.6 Å². The van der Waals surface area contributed by atoms with Crippen LogP contribution >= 0.6 is 36.2 Å². The number of nitrogens with two attached hydrogens (primary N) is 1. The minimum absolute atomic E-state index is 0. The normalized spacial score (nSPS) is 18.9. The van der Waals surface area contributed by atoms with E-state index < -0.39 is 0 Å². The van der Waals surface area contributed by atoms with E-state index in [2.05, 4.69) is 18.8 Å². The first-order chi connectivity index (χ1) is 10.9. The van der Waals surface area contributed by atoms with E-state index in [1.807, 2.05) is 4.90 Å². The van der Waals surface area contributed by atoms with Crippen molar-refractivity contribution in [3.8, 4) is 10.6 Å². The third-order valence-corrected chi connectivity index (χ3v) is 5.44. The van der Waals surface area contributed by atoms with Crippen molar-refractivity contribution in [2.75, 3.05) is 13.1 Å². The molecule has 0 bridgehead atoms. The molecule has 0 spiro atoms. The molecule has 25 heavy (non-hydrogen) atoms. The molecular formula is C17H22Cl2FN3OS. The highest BCUT2D eigenvalue weighted by atomic mass is 35.5.